The van der Waals surface area contributed by atoms with Crippen molar-refractivity contribution in [3.63, 3.8) is 0 Å². The number of para-hydroxylation sites is 1. The van der Waals surface area contributed by atoms with E-state index in [2.05, 4.69) is 24.0 Å². The lowest BCUT2D eigenvalue weighted by atomic mass is 10.0. The van der Waals surface area contributed by atoms with Gasteiger partial charge in [-0.15, -0.1) is 0 Å². The molecule has 0 aliphatic rings. The Balaban J connectivity index is 2.36. The predicted octanol–water partition coefficient (Wildman–Crippen LogP) is 3.66. The Morgan fingerprint density at radius 2 is 1.85 bits per heavy atom. The molecule has 0 saturated carbocycles. The van der Waals surface area contributed by atoms with Crippen LogP contribution in [0.25, 0.3) is 0 Å². The molecular formula is C17H21FN2. The van der Waals surface area contributed by atoms with E-state index in [4.69, 9.17) is 5.73 Å². The van der Waals surface area contributed by atoms with E-state index in [0.717, 1.165) is 17.8 Å². The first-order chi connectivity index (χ1) is 9.67. The molecule has 0 aliphatic heterocycles. The van der Waals surface area contributed by atoms with E-state index in [1.807, 2.05) is 30.3 Å². The van der Waals surface area contributed by atoms with Crippen LogP contribution < -0.4 is 10.6 Å². The SMILES string of the molecule is CCN(c1ccccc1)C(CN)c1ccc(F)c(C)c1. The third-order valence-electron chi connectivity index (χ3n) is 3.59. The van der Waals surface area contributed by atoms with Gasteiger partial charge in [-0.3, -0.25) is 0 Å². The van der Waals surface area contributed by atoms with E-state index in [-0.39, 0.29) is 11.9 Å². The van der Waals surface area contributed by atoms with Crippen LogP contribution in [0.2, 0.25) is 0 Å². The van der Waals surface area contributed by atoms with Crippen LogP contribution in [0.1, 0.15) is 24.1 Å². The molecular weight excluding hydrogens is 251 g/mol. The number of anilines is 1. The van der Waals surface area contributed by atoms with E-state index in [0.29, 0.717) is 12.1 Å². The predicted molar refractivity (Wildman–Crippen MR) is 82.4 cm³/mol. The molecule has 3 heteroatoms. The summed E-state index contributed by atoms with van der Waals surface area (Å²) in [5.74, 6) is -0.174. The second-order valence-electron chi connectivity index (χ2n) is 4.88. The molecule has 1 unspecified atom stereocenters. The van der Waals surface area contributed by atoms with Gasteiger partial charge in [-0.2, -0.15) is 0 Å². The highest BCUT2D eigenvalue weighted by molar-refractivity contribution is 5.49. The van der Waals surface area contributed by atoms with Gasteiger partial charge >= 0.3 is 0 Å². The quantitative estimate of drug-likeness (QED) is 0.900. The first-order valence-corrected chi connectivity index (χ1v) is 6.95. The number of benzene rings is 2. The molecule has 1 atom stereocenters. The van der Waals surface area contributed by atoms with Crippen LogP contribution in [0.15, 0.2) is 48.5 Å². The van der Waals surface area contributed by atoms with Gasteiger partial charge in [0.05, 0.1) is 6.04 Å². The maximum Gasteiger partial charge on any atom is 0.126 e. The summed E-state index contributed by atoms with van der Waals surface area (Å²) < 4.78 is 13.4. The highest BCUT2D eigenvalue weighted by Crippen LogP contribution is 2.27. The zero-order chi connectivity index (χ0) is 14.5. The molecule has 20 heavy (non-hydrogen) atoms. The number of likely N-dealkylation sites (N-methyl/N-ethyl adjacent to an activating group) is 1. The molecule has 2 aromatic rings. The number of nitrogens with two attached hydrogens (primary N) is 1. The van der Waals surface area contributed by atoms with E-state index in [9.17, 15) is 4.39 Å². The first-order valence-electron chi connectivity index (χ1n) is 6.95. The van der Waals surface area contributed by atoms with Crippen molar-refractivity contribution in [3.8, 4) is 0 Å². The Morgan fingerprint density at radius 1 is 1.15 bits per heavy atom. The van der Waals surface area contributed by atoms with Crippen LogP contribution in [0.5, 0.6) is 0 Å². The van der Waals surface area contributed by atoms with E-state index >= 15 is 0 Å². The third kappa shape index (κ3) is 2.99. The largest absolute Gasteiger partial charge is 0.363 e. The van der Waals surface area contributed by atoms with Crippen LogP contribution in [0, 0.1) is 12.7 Å². The third-order valence-corrected chi connectivity index (χ3v) is 3.59. The standard InChI is InChI=1S/C17H21FN2/c1-3-20(15-7-5-4-6-8-15)17(12-19)14-9-10-16(18)13(2)11-14/h4-11,17H,3,12,19H2,1-2H3. The van der Waals surface area contributed by atoms with Crippen molar-refractivity contribution in [1.29, 1.82) is 0 Å². The Morgan fingerprint density at radius 3 is 2.40 bits per heavy atom. The smallest absolute Gasteiger partial charge is 0.126 e. The summed E-state index contributed by atoms with van der Waals surface area (Å²) in [4.78, 5) is 2.24. The van der Waals surface area contributed by atoms with Crippen molar-refractivity contribution < 1.29 is 4.39 Å². The maximum atomic E-state index is 13.4. The number of hydrogen-bond donors (Lipinski definition) is 1. The van der Waals surface area contributed by atoms with Crippen molar-refractivity contribution in [3.05, 3.63) is 65.5 Å². The fourth-order valence-electron chi connectivity index (χ4n) is 2.52. The Hall–Kier alpha value is -1.87. The number of rotatable bonds is 5. The van der Waals surface area contributed by atoms with Crippen molar-refractivity contribution in [1.82, 2.24) is 0 Å². The second kappa shape index (κ2) is 6.53. The molecule has 106 valence electrons. The van der Waals surface area contributed by atoms with Gasteiger partial charge in [-0.05, 0) is 43.2 Å². The van der Waals surface area contributed by atoms with Crippen LogP contribution in [-0.2, 0) is 0 Å². The lowest BCUT2D eigenvalue weighted by Crippen LogP contribution is -2.33. The van der Waals surface area contributed by atoms with Crippen LogP contribution in [-0.4, -0.2) is 13.1 Å². The van der Waals surface area contributed by atoms with Crippen LogP contribution in [0.3, 0.4) is 0 Å². The average Bonchev–Trinajstić information content (AvgIpc) is 2.48. The minimum absolute atomic E-state index is 0.0571. The highest BCUT2D eigenvalue weighted by atomic mass is 19.1. The van der Waals surface area contributed by atoms with Crippen LogP contribution in [0.4, 0.5) is 10.1 Å². The molecule has 0 saturated heterocycles. The topological polar surface area (TPSA) is 29.3 Å². The lowest BCUT2D eigenvalue weighted by Gasteiger charge is -2.32. The van der Waals surface area contributed by atoms with Crippen molar-refractivity contribution >= 4 is 5.69 Å². The monoisotopic (exact) mass is 272 g/mol. The van der Waals surface area contributed by atoms with Crippen molar-refractivity contribution in [2.75, 3.05) is 18.0 Å². The summed E-state index contributed by atoms with van der Waals surface area (Å²) in [6.07, 6.45) is 0. The number of nitrogens with zero attached hydrogens (tertiary/aromatic N) is 1. The van der Waals surface area contributed by atoms with Gasteiger partial charge in [0.2, 0.25) is 0 Å². The molecule has 2 rings (SSSR count). The van der Waals surface area contributed by atoms with Gasteiger partial charge < -0.3 is 10.6 Å². The van der Waals surface area contributed by atoms with Gasteiger partial charge in [0.1, 0.15) is 5.82 Å². The summed E-state index contributed by atoms with van der Waals surface area (Å²) in [6, 6.07) is 15.5. The van der Waals surface area contributed by atoms with Gasteiger partial charge in [0.25, 0.3) is 0 Å². The molecule has 0 spiro atoms. The van der Waals surface area contributed by atoms with Crippen molar-refractivity contribution in [2.24, 2.45) is 5.73 Å². The van der Waals surface area contributed by atoms with Crippen molar-refractivity contribution in [2.45, 2.75) is 19.9 Å². The molecule has 0 radical (unpaired) electrons. The zero-order valence-electron chi connectivity index (χ0n) is 12.0. The Labute approximate surface area is 120 Å². The summed E-state index contributed by atoms with van der Waals surface area (Å²) >= 11 is 0. The first kappa shape index (κ1) is 14.5. The maximum absolute atomic E-state index is 13.4. The second-order valence-corrected chi connectivity index (χ2v) is 4.88. The summed E-state index contributed by atoms with van der Waals surface area (Å²) in [7, 11) is 0. The van der Waals surface area contributed by atoms with E-state index in [1.165, 1.54) is 6.07 Å². The Kier molecular flexibility index (Phi) is 4.74. The molecule has 2 N–H and O–H groups in total. The minimum Gasteiger partial charge on any atom is -0.363 e. The summed E-state index contributed by atoms with van der Waals surface area (Å²) in [5.41, 5.74) is 8.81. The van der Waals surface area contributed by atoms with E-state index in [1.54, 1.807) is 6.92 Å². The molecule has 0 amide bonds. The lowest BCUT2D eigenvalue weighted by molar-refractivity contribution is 0.609. The fourth-order valence-corrected chi connectivity index (χ4v) is 2.52. The fraction of sp³-hybridized carbons (Fsp3) is 0.294. The summed E-state index contributed by atoms with van der Waals surface area (Å²) in [6.45, 7) is 5.23. The molecule has 2 nitrogen and oxygen atoms in total. The number of hydrogen-bond acceptors (Lipinski definition) is 2. The normalized spacial score (nSPS) is 12.2. The Bertz CT molecular complexity index is 554. The molecule has 0 aliphatic carbocycles. The van der Waals surface area contributed by atoms with E-state index < -0.39 is 0 Å². The van der Waals surface area contributed by atoms with Gasteiger partial charge in [-0.1, -0.05) is 30.3 Å². The molecule has 0 aromatic heterocycles. The molecule has 0 bridgehead atoms. The van der Waals surface area contributed by atoms with Crippen LogP contribution >= 0.6 is 0 Å². The molecule has 0 fully saturated rings. The average molecular weight is 272 g/mol. The zero-order valence-corrected chi connectivity index (χ0v) is 12.0. The molecule has 2 aromatic carbocycles. The van der Waals surface area contributed by atoms with Gasteiger partial charge in [0, 0.05) is 18.8 Å². The number of aryl methyl sites for hydroxylation is 1. The number of halogens is 1. The van der Waals surface area contributed by atoms with Gasteiger partial charge in [-0.25, -0.2) is 4.39 Å². The molecule has 0 heterocycles. The summed E-state index contributed by atoms with van der Waals surface area (Å²) in [5, 5.41) is 0. The van der Waals surface area contributed by atoms with Gasteiger partial charge in [0.15, 0.2) is 0 Å². The minimum atomic E-state index is -0.174. The highest BCUT2D eigenvalue weighted by Gasteiger charge is 2.18.